The summed E-state index contributed by atoms with van der Waals surface area (Å²) in [5.41, 5.74) is 7.35. The number of benzene rings is 1. The lowest BCUT2D eigenvalue weighted by atomic mass is 9.76. The molecule has 0 bridgehead atoms. The van der Waals surface area contributed by atoms with Crippen molar-refractivity contribution in [2.24, 2.45) is 0 Å². The van der Waals surface area contributed by atoms with Crippen molar-refractivity contribution in [1.82, 2.24) is 0 Å². The second kappa shape index (κ2) is 3.76. The van der Waals surface area contributed by atoms with Gasteiger partial charge in [-0.2, -0.15) is 0 Å². The maximum atomic E-state index is 2.73. The smallest absolute Gasteiger partial charge is 0.0885 e. The molecule has 1 unspecified atom stereocenters. The highest BCUT2D eigenvalue weighted by Crippen LogP contribution is 2.50. The number of rotatable bonds is 0. The number of nitrogens with zero attached hydrogens (tertiary/aromatic N) is 1. The lowest BCUT2D eigenvalue weighted by Gasteiger charge is -2.48. The minimum absolute atomic E-state index is 0.330. The number of hydrogen-bond acceptors (Lipinski definition) is 1. The molecule has 114 valence electrons. The van der Waals surface area contributed by atoms with Gasteiger partial charge in [0.25, 0.3) is 0 Å². The molecule has 0 radical (unpaired) electrons. The first kappa shape index (κ1) is 13.9. The number of anilines is 1. The predicted molar refractivity (Wildman–Crippen MR) is 94.9 cm³/mol. The molecular formula is C19H29NSi. The summed E-state index contributed by atoms with van der Waals surface area (Å²) in [7, 11) is -1.25. The van der Waals surface area contributed by atoms with Crippen LogP contribution in [0.4, 0.5) is 5.69 Å². The SMILES string of the molecule is Cc1cc2c3c4c1C(C)(C)CC[Si]4(C)CCN3CC2(C)C. The highest BCUT2D eigenvalue weighted by molar-refractivity contribution is 6.93. The van der Waals surface area contributed by atoms with E-state index in [4.69, 9.17) is 0 Å². The Morgan fingerprint density at radius 3 is 2.52 bits per heavy atom. The van der Waals surface area contributed by atoms with Crippen LogP contribution in [0.5, 0.6) is 0 Å². The Kier molecular flexibility index (Phi) is 2.48. The van der Waals surface area contributed by atoms with Gasteiger partial charge in [0.1, 0.15) is 0 Å². The van der Waals surface area contributed by atoms with Crippen molar-refractivity contribution in [3.63, 3.8) is 0 Å². The van der Waals surface area contributed by atoms with Crippen molar-refractivity contribution in [1.29, 1.82) is 0 Å². The van der Waals surface area contributed by atoms with Gasteiger partial charge in [-0.25, -0.2) is 0 Å². The summed E-state index contributed by atoms with van der Waals surface area (Å²) in [6.07, 6.45) is 1.39. The average Bonchev–Trinajstić information content (AvgIpc) is 2.63. The molecule has 0 aliphatic carbocycles. The summed E-state index contributed by atoms with van der Waals surface area (Å²) >= 11 is 0. The fourth-order valence-corrected chi connectivity index (χ4v) is 10.1. The topological polar surface area (TPSA) is 3.24 Å². The first-order valence-corrected chi connectivity index (χ1v) is 11.5. The highest BCUT2D eigenvalue weighted by atomic mass is 28.3. The van der Waals surface area contributed by atoms with Crippen LogP contribution >= 0.6 is 0 Å². The van der Waals surface area contributed by atoms with E-state index in [0.29, 0.717) is 10.8 Å². The maximum Gasteiger partial charge on any atom is 0.0885 e. The van der Waals surface area contributed by atoms with E-state index in [1.807, 2.05) is 5.19 Å². The van der Waals surface area contributed by atoms with Crippen molar-refractivity contribution in [3.8, 4) is 0 Å². The third-order valence-corrected chi connectivity index (χ3v) is 11.0. The van der Waals surface area contributed by atoms with E-state index >= 15 is 0 Å². The zero-order chi connectivity index (χ0) is 15.2. The molecule has 0 spiro atoms. The quantitative estimate of drug-likeness (QED) is 0.653. The van der Waals surface area contributed by atoms with Gasteiger partial charge in [-0.05, 0) is 46.7 Å². The first-order chi connectivity index (χ1) is 9.66. The minimum Gasteiger partial charge on any atom is -0.371 e. The van der Waals surface area contributed by atoms with E-state index in [-0.39, 0.29) is 0 Å². The Bertz CT molecular complexity index is 643. The summed E-state index contributed by atoms with van der Waals surface area (Å²) in [5.74, 6) is 0. The zero-order valence-corrected chi connectivity index (χ0v) is 15.6. The van der Waals surface area contributed by atoms with E-state index in [1.54, 1.807) is 22.4 Å². The molecule has 1 atom stereocenters. The third kappa shape index (κ3) is 1.63. The summed E-state index contributed by atoms with van der Waals surface area (Å²) in [5, 5.41) is 1.87. The van der Waals surface area contributed by atoms with Crippen LogP contribution in [0.25, 0.3) is 0 Å². The molecule has 21 heavy (non-hydrogen) atoms. The van der Waals surface area contributed by atoms with Gasteiger partial charge >= 0.3 is 0 Å². The summed E-state index contributed by atoms with van der Waals surface area (Å²) in [4.78, 5) is 2.73. The molecule has 1 aromatic carbocycles. The zero-order valence-electron chi connectivity index (χ0n) is 14.6. The molecule has 1 nitrogen and oxygen atoms in total. The second-order valence-electron chi connectivity index (χ2n) is 9.34. The summed E-state index contributed by atoms with van der Waals surface area (Å²) in [6.45, 7) is 17.4. The van der Waals surface area contributed by atoms with E-state index in [2.05, 4.69) is 52.1 Å². The molecule has 0 saturated carbocycles. The molecule has 1 aromatic rings. The van der Waals surface area contributed by atoms with Crippen molar-refractivity contribution in [2.45, 2.75) is 70.5 Å². The maximum absolute atomic E-state index is 2.73. The Morgan fingerprint density at radius 1 is 1.10 bits per heavy atom. The molecule has 0 saturated heterocycles. The number of aryl methyl sites for hydroxylation is 1. The van der Waals surface area contributed by atoms with E-state index in [1.165, 1.54) is 31.6 Å². The van der Waals surface area contributed by atoms with Crippen LogP contribution in [0.2, 0.25) is 18.6 Å². The van der Waals surface area contributed by atoms with Crippen LogP contribution in [0.1, 0.15) is 50.8 Å². The average molecular weight is 300 g/mol. The molecule has 0 aromatic heterocycles. The Morgan fingerprint density at radius 2 is 1.81 bits per heavy atom. The molecule has 2 heteroatoms. The van der Waals surface area contributed by atoms with Crippen molar-refractivity contribution < 1.29 is 0 Å². The van der Waals surface area contributed by atoms with Gasteiger partial charge in [0, 0.05) is 24.2 Å². The lowest BCUT2D eigenvalue weighted by molar-refractivity contribution is 0.493. The van der Waals surface area contributed by atoms with E-state index in [0.717, 1.165) is 0 Å². The molecule has 3 aliphatic heterocycles. The van der Waals surface area contributed by atoms with Crippen LogP contribution in [0.15, 0.2) is 6.07 Å². The minimum atomic E-state index is -1.25. The fraction of sp³-hybridized carbons (Fsp3) is 0.684. The molecule has 0 fully saturated rings. The molecular weight excluding hydrogens is 270 g/mol. The van der Waals surface area contributed by atoms with Crippen LogP contribution in [0.3, 0.4) is 0 Å². The lowest BCUT2D eigenvalue weighted by Crippen LogP contribution is -2.59. The highest BCUT2D eigenvalue weighted by Gasteiger charge is 2.51. The van der Waals surface area contributed by atoms with Gasteiger partial charge in [-0.1, -0.05) is 46.4 Å². The normalized spacial score (nSPS) is 31.2. The van der Waals surface area contributed by atoms with Crippen molar-refractivity contribution >= 4 is 18.9 Å². The molecule has 0 amide bonds. The van der Waals surface area contributed by atoms with Gasteiger partial charge in [-0.3, -0.25) is 0 Å². The third-order valence-electron chi connectivity index (χ3n) is 6.64. The molecule has 0 N–H and O–H groups in total. The fourth-order valence-electron chi connectivity index (χ4n) is 5.41. The summed E-state index contributed by atoms with van der Waals surface area (Å²) in [6, 6.07) is 5.51. The van der Waals surface area contributed by atoms with E-state index in [9.17, 15) is 0 Å². The van der Waals surface area contributed by atoms with Crippen molar-refractivity contribution in [2.75, 3.05) is 18.0 Å². The molecule has 3 heterocycles. The van der Waals surface area contributed by atoms with E-state index < -0.39 is 8.07 Å². The van der Waals surface area contributed by atoms with Crippen LogP contribution in [0, 0.1) is 6.92 Å². The van der Waals surface area contributed by atoms with Crippen molar-refractivity contribution in [3.05, 3.63) is 22.8 Å². The van der Waals surface area contributed by atoms with Crippen LogP contribution in [-0.2, 0) is 10.8 Å². The van der Waals surface area contributed by atoms with Gasteiger partial charge < -0.3 is 4.90 Å². The predicted octanol–water partition coefficient (Wildman–Crippen LogP) is 4.07. The Labute approximate surface area is 130 Å². The molecule has 4 rings (SSSR count). The standard InChI is InChI=1S/C19H29NSi/c1-13-11-14-16-17-15(13)18(2,3)7-9-21(17,6)10-8-20(16)12-19(14,4)5/h11H,7-10,12H2,1-6H3. The first-order valence-electron chi connectivity index (χ1n) is 8.60. The monoisotopic (exact) mass is 299 g/mol. The Balaban J connectivity index is 2.12. The van der Waals surface area contributed by atoms with Gasteiger partial charge in [0.2, 0.25) is 0 Å². The Hall–Kier alpha value is -0.763. The largest absolute Gasteiger partial charge is 0.371 e. The number of hydrogen-bond donors (Lipinski definition) is 0. The second-order valence-corrected chi connectivity index (χ2v) is 14.0. The van der Waals surface area contributed by atoms with Gasteiger partial charge in [0.15, 0.2) is 0 Å². The van der Waals surface area contributed by atoms with Gasteiger partial charge in [-0.15, -0.1) is 0 Å². The van der Waals surface area contributed by atoms with Crippen LogP contribution < -0.4 is 10.1 Å². The summed E-state index contributed by atoms with van der Waals surface area (Å²) < 4.78 is 0. The van der Waals surface area contributed by atoms with Crippen LogP contribution in [-0.4, -0.2) is 21.2 Å². The molecule has 3 aliphatic rings. The van der Waals surface area contributed by atoms with Gasteiger partial charge in [0.05, 0.1) is 8.07 Å².